The van der Waals surface area contributed by atoms with Gasteiger partial charge in [0.25, 0.3) is 0 Å². The van der Waals surface area contributed by atoms with E-state index in [0.29, 0.717) is 0 Å². The first kappa shape index (κ1) is 27.2. The van der Waals surface area contributed by atoms with E-state index in [9.17, 15) is 18.3 Å². The standard InChI is InChI=1S/C33H37F3O/c1-3-4-5-6-7-8-9-13-24-14-10-11-15-27(24)29-16-12-17-30-28(22-23-31(29)30)25-18-20-26(21-19-25)32(2,37)33(34,35)36/h10-12,14-23,28,37H,3-9,13H2,1-2H3. The molecule has 0 bridgehead atoms. The van der Waals surface area contributed by atoms with Gasteiger partial charge in [-0.3, -0.25) is 0 Å². The molecule has 1 aliphatic carbocycles. The van der Waals surface area contributed by atoms with Gasteiger partial charge in [-0.2, -0.15) is 13.2 Å². The van der Waals surface area contributed by atoms with Gasteiger partial charge in [0.2, 0.25) is 0 Å². The molecule has 0 amide bonds. The molecule has 0 radical (unpaired) electrons. The zero-order chi connectivity index (χ0) is 26.5. The van der Waals surface area contributed by atoms with Gasteiger partial charge in [0, 0.05) is 5.92 Å². The van der Waals surface area contributed by atoms with Crippen LogP contribution in [0.25, 0.3) is 17.2 Å². The van der Waals surface area contributed by atoms with Gasteiger partial charge in [0.05, 0.1) is 0 Å². The summed E-state index contributed by atoms with van der Waals surface area (Å²) in [7, 11) is 0. The van der Waals surface area contributed by atoms with Crippen molar-refractivity contribution in [3.05, 3.63) is 101 Å². The average molecular weight is 507 g/mol. The maximum absolute atomic E-state index is 13.3. The van der Waals surface area contributed by atoms with Crippen LogP contribution in [-0.2, 0) is 12.0 Å². The van der Waals surface area contributed by atoms with Crippen molar-refractivity contribution >= 4 is 6.08 Å². The fourth-order valence-corrected chi connectivity index (χ4v) is 5.31. The SMILES string of the molecule is CCCCCCCCCc1ccccc1-c1cccc2c1C=CC2c1ccc(C(C)(O)C(F)(F)F)cc1. The topological polar surface area (TPSA) is 20.2 Å². The monoisotopic (exact) mass is 506 g/mol. The average Bonchev–Trinajstić information content (AvgIpc) is 3.32. The number of unbranched alkanes of at least 4 members (excludes halogenated alkanes) is 6. The van der Waals surface area contributed by atoms with Crippen LogP contribution in [0, 0.1) is 0 Å². The second-order valence-electron chi connectivity index (χ2n) is 10.4. The van der Waals surface area contributed by atoms with Crippen LogP contribution in [0.3, 0.4) is 0 Å². The number of alkyl halides is 3. The molecule has 37 heavy (non-hydrogen) atoms. The number of hydrogen-bond acceptors (Lipinski definition) is 1. The molecule has 4 heteroatoms. The van der Waals surface area contributed by atoms with Gasteiger partial charge in [-0.25, -0.2) is 0 Å². The van der Waals surface area contributed by atoms with Crippen molar-refractivity contribution in [1.82, 2.24) is 0 Å². The Kier molecular flexibility index (Phi) is 8.59. The number of aliphatic hydroxyl groups is 1. The highest BCUT2D eigenvalue weighted by Gasteiger charge is 2.51. The highest BCUT2D eigenvalue weighted by Crippen LogP contribution is 2.43. The fraction of sp³-hybridized carbons (Fsp3) is 0.394. The van der Waals surface area contributed by atoms with Gasteiger partial charge >= 0.3 is 6.18 Å². The van der Waals surface area contributed by atoms with Crippen molar-refractivity contribution in [2.75, 3.05) is 0 Å². The molecule has 1 nitrogen and oxygen atoms in total. The summed E-state index contributed by atoms with van der Waals surface area (Å²) in [6, 6.07) is 21.1. The lowest BCUT2D eigenvalue weighted by Crippen LogP contribution is -2.39. The van der Waals surface area contributed by atoms with Crippen molar-refractivity contribution in [2.24, 2.45) is 0 Å². The quantitative estimate of drug-likeness (QED) is 0.257. The van der Waals surface area contributed by atoms with Gasteiger partial charge in [0.1, 0.15) is 0 Å². The molecule has 0 aliphatic heterocycles. The Morgan fingerprint density at radius 1 is 0.757 bits per heavy atom. The van der Waals surface area contributed by atoms with Crippen molar-refractivity contribution in [3.8, 4) is 11.1 Å². The molecular weight excluding hydrogens is 469 g/mol. The second-order valence-corrected chi connectivity index (χ2v) is 10.4. The summed E-state index contributed by atoms with van der Waals surface area (Å²) >= 11 is 0. The summed E-state index contributed by atoms with van der Waals surface area (Å²) in [5.74, 6) is -0.0323. The Labute approximate surface area is 219 Å². The molecule has 3 aromatic rings. The third-order valence-electron chi connectivity index (χ3n) is 7.67. The lowest BCUT2D eigenvalue weighted by molar-refractivity contribution is -0.258. The van der Waals surface area contributed by atoms with E-state index < -0.39 is 11.8 Å². The smallest absolute Gasteiger partial charge is 0.376 e. The summed E-state index contributed by atoms with van der Waals surface area (Å²) < 4.78 is 39.8. The summed E-state index contributed by atoms with van der Waals surface area (Å²) in [5, 5.41) is 10.0. The highest BCUT2D eigenvalue weighted by atomic mass is 19.4. The Bertz CT molecular complexity index is 1200. The second kappa shape index (κ2) is 11.7. The molecule has 0 saturated carbocycles. The van der Waals surface area contributed by atoms with Gasteiger partial charge in [-0.1, -0.05) is 124 Å². The molecule has 4 rings (SSSR count). The predicted octanol–water partition coefficient (Wildman–Crippen LogP) is 9.58. The van der Waals surface area contributed by atoms with Gasteiger partial charge < -0.3 is 5.11 Å². The molecule has 2 unspecified atom stereocenters. The molecule has 0 heterocycles. The minimum atomic E-state index is -4.73. The van der Waals surface area contributed by atoms with E-state index in [4.69, 9.17) is 0 Å². The molecule has 1 aliphatic rings. The number of fused-ring (bicyclic) bond motifs is 1. The van der Waals surface area contributed by atoms with Gasteiger partial charge in [-0.15, -0.1) is 0 Å². The first-order valence-corrected chi connectivity index (χ1v) is 13.5. The van der Waals surface area contributed by atoms with E-state index in [1.807, 2.05) is 0 Å². The van der Waals surface area contributed by atoms with Crippen LogP contribution >= 0.6 is 0 Å². The number of hydrogen-bond donors (Lipinski definition) is 1. The molecule has 2 atom stereocenters. The first-order chi connectivity index (χ1) is 17.7. The Hall–Kier alpha value is -2.85. The molecule has 196 valence electrons. The van der Waals surface area contributed by atoms with Crippen LogP contribution in [-0.4, -0.2) is 11.3 Å². The summed E-state index contributed by atoms with van der Waals surface area (Å²) in [4.78, 5) is 0. The number of halogens is 3. The number of allylic oxidation sites excluding steroid dienone is 1. The third kappa shape index (κ3) is 6.01. The summed E-state index contributed by atoms with van der Waals surface area (Å²) in [6.07, 6.45) is 9.57. The third-order valence-corrected chi connectivity index (χ3v) is 7.67. The molecular formula is C33H37F3O. The van der Waals surface area contributed by atoms with E-state index in [1.54, 1.807) is 12.1 Å². The van der Waals surface area contributed by atoms with E-state index >= 15 is 0 Å². The minimum Gasteiger partial charge on any atom is -0.376 e. The molecule has 0 saturated heterocycles. The normalized spacial score (nSPS) is 16.5. The molecule has 0 spiro atoms. The van der Waals surface area contributed by atoms with E-state index in [-0.39, 0.29) is 11.5 Å². The van der Waals surface area contributed by atoms with E-state index in [1.165, 1.54) is 79.3 Å². The zero-order valence-electron chi connectivity index (χ0n) is 21.8. The number of aryl methyl sites for hydroxylation is 1. The number of rotatable bonds is 11. The summed E-state index contributed by atoms with van der Waals surface area (Å²) in [5.41, 5.74) is 4.02. The van der Waals surface area contributed by atoms with Gasteiger partial charge in [-0.05, 0) is 58.7 Å². The van der Waals surface area contributed by atoms with Crippen LogP contribution in [0.15, 0.2) is 72.8 Å². The molecule has 1 N–H and O–H groups in total. The molecule has 0 fully saturated rings. The molecule has 0 aromatic heterocycles. The minimum absolute atomic E-state index is 0.0323. The van der Waals surface area contributed by atoms with Crippen molar-refractivity contribution in [3.63, 3.8) is 0 Å². The lowest BCUT2D eigenvalue weighted by Gasteiger charge is -2.27. The predicted molar refractivity (Wildman–Crippen MR) is 147 cm³/mol. The van der Waals surface area contributed by atoms with Crippen LogP contribution in [0.1, 0.15) is 92.5 Å². The summed E-state index contributed by atoms with van der Waals surface area (Å²) in [6.45, 7) is 3.04. The maximum Gasteiger partial charge on any atom is 0.421 e. The largest absolute Gasteiger partial charge is 0.421 e. The van der Waals surface area contributed by atoms with Crippen molar-refractivity contribution in [2.45, 2.75) is 82.9 Å². The molecule has 3 aromatic carbocycles. The first-order valence-electron chi connectivity index (χ1n) is 13.5. The lowest BCUT2D eigenvalue weighted by atomic mass is 9.87. The Balaban J connectivity index is 1.52. The van der Waals surface area contributed by atoms with Crippen LogP contribution in [0.5, 0.6) is 0 Å². The van der Waals surface area contributed by atoms with E-state index in [0.717, 1.165) is 24.5 Å². The fourth-order valence-electron chi connectivity index (χ4n) is 5.31. The van der Waals surface area contributed by atoms with Gasteiger partial charge in [0.15, 0.2) is 5.60 Å². The number of benzene rings is 3. The van der Waals surface area contributed by atoms with Crippen LogP contribution < -0.4 is 0 Å². The van der Waals surface area contributed by atoms with Crippen LogP contribution in [0.2, 0.25) is 0 Å². The Morgan fingerprint density at radius 2 is 1.41 bits per heavy atom. The van der Waals surface area contributed by atoms with Crippen molar-refractivity contribution < 1.29 is 18.3 Å². The zero-order valence-corrected chi connectivity index (χ0v) is 21.8. The highest BCUT2D eigenvalue weighted by molar-refractivity contribution is 5.82. The van der Waals surface area contributed by atoms with Crippen LogP contribution in [0.4, 0.5) is 13.2 Å². The Morgan fingerprint density at radius 3 is 2.11 bits per heavy atom. The van der Waals surface area contributed by atoms with E-state index in [2.05, 4.69) is 61.5 Å². The maximum atomic E-state index is 13.3. The van der Waals surface area contributed by atoms with Crippen molar-refractivity contribution in [1.29, 1.82) is 0 Å².